The van der Waals surface area contributed by atoms with Gasteiger partial charge in [0.25, 0.3) is 0 Å². The van der Waals surface area contributed by atoms with E-state index in [4.69, 9.17) is 9.88 Å². The summed E-state index contributed by atoms with van der Waals surface area (Å²) in [5, 5.41) is 5.28. The number of benzene rings is 2. The number of ether oxygens (including phenoxy) is 1. The third kappa shape index (κ3) is 6.16. The van der Waals surface area contributed by atoms with Crippen molar-refractivity contribution < 1.29 is 30.8 Å². The molecule has 0 aromatic heterocycles. The van der Waals surface area contributed by atoms with Gasteiger partial charge in [-0.15, -0.1) is 0 Å². The summed E-state index contributed by atoms with van der Waals surface area (Å²) in [5.74, 6) is 0.0918. The summed E-state index contributed by atoms with van der Waals surface area (Å²) in [6.45, 7) is 1.91. The number of nitrogens with two attached hydrogens (primary N) is 1. The molecule has 196 valence electrons. The van der Waals surface area contributed by atoms with Crippen molar-refractivity contribution in [2.75, 3.05) is 43.9 Å². The van der Waals surface area contributed by atoms with Crippen LogP contribution in [0.25, 0.3) is 0 Å². The van der Waals surface area contributed by atoms with Crippen LogP contribution in [0, 0.1) is 11.7 Å². The number of anilines is 1. The first-order valence-corrected chi connectivity index (χ1v) is 15.2. The molecule has 36 heavy (non-hydrogen) atoms. The lowest BCUT2D eigenvalue weighted by molar-refractivity contribution is -0.130. The van der Waals surface area contributed by atoms with Gasteiger partial charge in [0.05, 0.1) is 28.5 Å². The molecule has 1 saturated heterocycles. The molecule has 2 N–H and O–H groups in total. The molecule has 1 aliphatic carbocycles. The van der Waals surface area contributed by atoms with E-state index in [0.29, 0.717) is 50.0 Å². The van der Waals surface area contributed by atoms with Crippen molar-refractivity contribution in [1.29, 1.82) is 0 Å². The number of amides is 1. The Hall–Kier alpha value is -2.70. The van der Waals surface area contributed by atoms with Gasteiger partial charge in [-0.25, -0.2) is 26.4 Å². The summed E-state index contributed by atoms with van der Waals surface area (Å²) >= 11 is 0. The molecular formula is C24H30FN3O6S2. The normalized spacial score (nSPS) is 17.1. The molecule has 12 heteroatoms. The lowest BCUT2D eigenvalue weighted by atomic mass is 9.86. The quantitative estimate of drug-likeness (QED) is 0.543. The SMILES string of the molecule is CS(=O)(=O)c1ccc(N2CCN(C(=O)Cc3cc(S(N)(=O)=O)ccc3OCC3CCC3)CC2)c(F)c1. The highest BCUT2D eigenvalue weighted by molar-refractivity contribution is 7.90. The second kappa shape index (κ2) is 10.3. The van der Waals surface area contributed by atoms with Crippen LogP contribution < -0.4 is 14.8 Å². The monoisotopic (exact) mass is 539 g/mol. The number of carbonyl (C=O) groups excluding carboxylic acids is 1. The number of rotatable bonds is 8. The Bertz CT molecular complexity index is 1350. The lowest BCUT2D eigenvalue weighted by Crippen LogP contribution is -2.49. The summed E-state index contributed by atoms with van der Waals surface area (Å²) in [7, 11) is -7.46. The minimum Gasteiger partial charge on any atom is -0.493 e. The summed E-state index contributed by atoms with van der Waals surface area (Å²) in [5.41, 5.74) is 0.734. The molecule has 1 heterocycles. The third-order valence-corrected chi connectivity index (χ3v) is 8.74. The Kier molecular flexibility index (Phi) is 7.58. The van der Waals surface area contributed by atoms with Gasteiger partial charge < -0.3 is 14.5 Å². The third-order valence-electron chi connectivity index (χ3n) is 6.72. The highest BCUT2D eigenvalue weighted by Gasteiger charge is 2.26. The van der Waals surface area contributed by atoms with Crippen LogP contribution in [0.3, 0.4) is 0 Å². The molecule has 4 rings (SSSR count). The fraction of sp³-hybridized carbons (Fsp3) is 0.458. The fourth-order valence-corrected chi connectivity index (χ4v) is 5.52. The molecule has 2 aliphatic rings. The minimum absolute atomic E-state index is 0.0548. The van der Waals surface area contributed by atoms with E-state index in [0.717, 1.165) is 25.2 Å². The topological polar surface area (TPSA) is 127 Å². The van der Waals surface area contributed by atoms with Crippen LogP contribution in [0.4, 0.5) is 10.1 Å². The molecule has 1 aliphatic heterocycles. The number of halogens is 1. The van der Waals surface area contributed by atoms with Gasteiger partial charge >= 0.3 is 0 Å². The number of piperazine rings is 1. The van der Waals surface area contributed by atoms with E-state index in [1.165, 1.54) is 30.7 Å². The predicted octanol–water partition coefficient (Wildman–Crippen LogP) is 1.95. The molecule has 2 aromatic carbocycles. The summed E-state index contributed by atoms with van der Waals surface area (Å²) in [4.78, 5) is 16.3. The number of sulfonamides is 1. The van der Waals surface area contributed by atoms with Crippen molar-refractivity contribution >= 4 is 31.5 Å². The van der Waals surface area contributed by atoms with Gasteiger partial charge in [0.1, 0.15) is 11.6 Å². The van der Waals surface area contributed by atoms with Gasteiger partial charge in [-0.2, -0.15) is 0 Å². The lowest BCUT2D eigenvalue weighted by Gasteiger charge is -2.36. The Labute approximate surface area is 211 Å². The average molecular weight is 540 g/mol. The van der Waals surface area contributed by atoms with Crippen LogP contribution in [0.1, 0.15) is 24.8 Å². The number of carbonyl (C=O) groups is 1. The molecule has 0 atom stereocenters. The molecule has 2 aromatic rings. The largest absolute Gasteiger partial charge is 0.493 e. The van der Waals surface area contributed by atoms with Crippen LogP contribution in [0.2, 0.25) is 0 Å². The van der Waals surface area contributed by atoms with Crippen LogP contribution in [0.15, 0.2) is 46.2 Å². The van der Waals surface area contributed by atoms with E-state index in [9.17, 15) is 26.0 Å². The second-order valence-electron chi connectivity index (χ2n) is 9.35. The van der Waals surface area contributed by atoms with Crippen molar-refractivity contribution in [2.24, 2.45) is 11.1 Å². The van der Waals surface area contributed by atoms with Gasteiger partial charge in [-0.05, 0) is 55.2 Å². The fourth-order valence-electron chi connectivity index (χ4n) is 4.33. The zero-order valence-electron chi connectivity index (χ0n) is 20.0. The molecule has 1 amide bonds. The van der Waals surface area contributed by atoms with Crippen molar-refractivity contribution in [2.45, 2.75) is 35.5 Å². The van der Waals surface area contributed by atoms with E-state index in [2.05, 4.69) is 0 Å². The van der Waals surface area contributed by atoms with Crippen molar-refractivity contribution in [3.8, 4) is 5.75 Å². The number of hydrogen-bond acceptors (Lipinski definition) is 7. The number of hydrogen-bond donors (Lipinski definition) is 1. The van der Waals surface area contributed by atoms with Crippen LogP contribution in [-0.4, -0.2) is 66.7 Å². The second-order valence-corrected chi connectivity index (χ2v) is 12.9. The van der Waals surface area contributed by atoms with E-state index in [1.807, 2.05) is 0 Å². The Morgan fingerprint density at radius 2 is 1.69 bits per heavy atom. The molecule has 9 nitrogen and oxygen atoms in total. The maximum atomic E-state index is 14.6. The first-order chi connectivity index (χ1) is 16.9. The number of primary sulfonamides is 1. The van der Waals surface area contributed by atoms with Crippen molar-refractivity contribution in [3.63, 3.8) is 0 Å². The van der Waals surface area contributed by atoms with Gasteiger partial charge in [0, 0.05) is 38.0 Å². The van der Waals surface area contributed by atoms with E-state index < -0.39 is 25.7 Å². The van der Waals surface area contributed by atoms with Gasteiger partial charge in [0.2, 0.25) is 15.9 Å². The number of nitrogens with zero attached hydrogens (tertiary/aromatic N) is 2. The zero-order valence-corrected chi connectivity index (χ0v) is 21.7. The highest BCUT2D eigenvalue weighted by Crippen LogP contribution is 2.30. The molecular weight excluding hydrogens is 509 g/mol. The summed E-state index contributed by atoms with van der Waals surface area (Å²) in [6, 6.07) is 8.12. The molecule has 0 unspecified atom stereocenters. The molecule has 2 fully saturated rings. The maximum absolute atomic E-state index is 14.6. The first kappa shape index (κ1) is 26.4. The maximum Gasteiger partial charge on any atom is 0.238 e. The molecule has 1 saturated carbocycles. The minimum atomic E-state index is -3.94. The van der Waals surface area contributed by atoms with Crippen LogP contribution >= 0.6 is 0 Å². The predicted molar refractivity (Wildman–Crippen MR) is 133 cm³/mol. The van der Waals surface area contributed by atoms with Crippen LogP contribution in [-0.2, 0) is 31.1 Å². The summed E-state index contributed by atoms with van der Waals surface area (Å²) < 4.78 is 67.5. The van der Waals surface area contributed by atoms with E-state index in [-0.39, 0.29) is 27.8 Å². The number of sulfone groups is 1. The molecule has 0 radical (unpaired) electrons. The highest BCUT2D eigenvalue weighted by atomic mass is 32.2. The van der Waals surface area contributed by atoms with Gasteiger partial charge in [0.15, 0.2) is 9.84 Å². The summed E-state index contributed by atoms with van der Waals surface area (Å²) in [6.07, 6.45) is 4.31. The molecule has 0 bridgehead atoms. The van der Waals surface area contributed by atoms with Crippen LogP contribution in [0.5, 0.6) is 5.75 Å². The van der Waals surface area contributed by atoms with Crippen molar-refractivity contribution in [3.05, 3.63) is 47.8 Å². The van der Waals surface area contributed by atoms with Gasteiger partial charge in [-0.3, -0.25) is 4.79 Å². The standard InChI is InChI=1S/C24H30FN3O6S2/c1-35(30,31)19-5-7-22(21(25)15-19)27-9-11-28(12-10-27)24(29)14-18-13-20(36(26,32)33)6-8-23(18)34-16-17-3-2-4-17/h5-8,13,15,17H,2-4,9-12,14,16H2,1H3,(H2,26,32,33). The average Bonchev–Trinajstić information content (AvgIpc) is 2.77. The van der Waals surface area contributed by atoms with Gasteiger partial charge in [-0.1, -0.05) is 6.42 Å². The van der Waals surface area contributed by atoms with Crippen molar-refractivity contribution in [1.82, 2.24) is 4.90 Å². The van der Waals surface area contributed by atoms with E-state index in [1.54, 1.807) is 15.9 Å². The zero-order chi connectivity index (χ0) is 26.1. The Morgan fingerprint density at radius 1 is 1.03 bits per heavy atom. The Morgan fingerprint density at radius 3 is 2.25 bits per heavy atom. The smallest absolute Gasteiger partial charge is 0.238 e. The molecule has 0 spiro atoms. The Balaban J connectivity index is 1.43. The first-order valence-electron chi connectivity index (χ1n) is 11.7. The van der Waals surface area contributed by atoms with E-state index >= 15 is 0 Å².